The smallest absolute Gasteiger partial charge is 0.258 e. The van der Waals surface area contributed by atoms with Crippen LogP contribution in [0.5, 0.6) is 0 Å². The van der Waals surface area contributed by atoms with Gasteiger partial charge in [0.25, 0.3) is 5.91 Å². The van der Waals surface area contributed by atoms with Crippen LogP contribution in [0.1, 0.15) is 28.9 Å². The standard InChI is InChI=1S/C20H18FN3O/c1-14(15-5-3-2-4-6-15)23-16-7-9-17(10-8-16)24-20(25)18-11-12-22-13-19(18)21/h2-14,23H,1H3,(H,24,25)/t14-/m0/s1. The average Bonchev–Trinajstić information content (AvgIpc) is 2.64. The maximum absolute atomic E-state index is 13.6. The summed E-state index contributed by atoms with van der Waals surface area (Å²) >= 11 is 0. The maximum Gasteiger partial charge on any atom is 0.258 e. The first-order valence-electron chi connectivity index (χ1n) is 7.96. The van der Waals surface area contributed by atoms with Gasteiger partial charge in [0.15, 0.2) is 5.82 Å². The van der Waals surface area contributed by atoms with Gasteiger partial charge in [-0.2, -0.15) is 0 Å². The Labute approximate surface area is 145 Å². The predicted octanol–water partition coefficient (Wildman–Crippen LogP) is 4.65. The van der Waals surface area contributed by atoms with E-state index in [4.69, 9.17) is 0 Å². The van der Waals surface area contributed by atoms with Gasteiger partial charge in [-0.1, -0.05) is 30.3 Å². The van der Waals surface area contributed by atoms with Gasteiger partial charge in [0.05, 0.1) is 11.8 Å². The summed E-state index contributed by atoms with van der Waals surface area (Å²) < 4.78 is 13.6. The monoisotopic (exact) mass is 335 g/mol. The first-order valence-corrected chi connectivity index (χ1v) is 7.96. The highest BCUT2D eigenvalue weighted by Crippen LogP contribution is 2.21. The van der Waals surface area contributed by atoms with Crippen LogP contribution in [0.25, 0.3) is 0 Å². The Morgan fingerprint density at radius 1 is 1.00 bits per heavy atom. The Balaban J connectivity index is 1.64. The molecule has 5 heteroatoms. The molecule has 0 aliphatic heterocycles. The van der Waals surface area contributed by atoms with Crippen LogP contribution in [0.15, 0.2) is 73.1 Å². The van der Waals surface area contributed by atoms with E-state index in [0.29, 0.717) is 5.69 Å². The van der Waals surface area contributed by atoms with Crippen LogP contribution >= 0.6 is 0 Å². The summed E-state index contributed by atoms with van der Waals surface area (Å²) in [6, 6.07) is 18.9. The molecule has 0 spiro atoms. The molecule has 0 aliphatic rings. The highest BCUT2D eigenvalue weighted by Gasteiger charge is 2.11. The lowest BCUT2D eigenvalue weighted by Crippen LogP contribution is -2.14. The SMILES string of the molecule is C[C@H](Nc1ccc(NC(=O)c2ccncc2F)cc1)c1ccccc1. The lowest BCUT2D eigenvalue weighted by Gasteiger charge is -2.16. The Morgan fingerprint density at radius 3 is 2.36 bits per heavy atom. The second-order valence-corrected chi connectivity index (χ2v) is 5.66. The van der Waals surface area contributed by atoms with Gasteiger partial charge >= 0.3 is 0 Å². The average molecular weight is 335 g/mol. The predicted molar refractivity (Wildman–Crippen MR) is 97.1 cm³/mol. The summed E-state index contributed by atoms with van der Waals surface area (Å²) in [7, 11) is 0. The number of benzene rings is 2. The van der Waals surface area contributed by atoms with Crippen LogP contribution in [0.3, 0.4) is 0 Å². The van der Waals surface area contributed by atoms with Crippen LogP contribution in [0, 0.1) is 5.82 Å². The molecule has 2 aromatic carbocycles. The molecular weight excluding hydrogens is 317 g/mol. The van der Waals surface area contributed by atoms with Gasteiger partial charge in [-0.15, -0.1) is 0 Å². The van der Waals surface area contributed by atoms with Crippen molar-refractivity contribution in [2.24, 2.45) is 0 Å². The number of halogens is 1. The summed E-state index contributed by atoms with van der Waals surface area (Å²) in [6.45, 7) is 2.08. The van der Waals surface area contributed by atoms with Gasteiger partial charge < -0.3 is 10.6 Å². The number of anilines is 2. The number of rotatable bonds is 5. The first-order chi connectivity index (χ1) is 12.1. The fraction of sp³-hybridized carbons (Fsp3) is 0.100. The molecule has 0 unspecified atom stereocenters. The molecule has 0 saturated carbocycles. The minimum absolute atomic E-state index is 0.0325. The van der Waals surface area contributed by atoms with Crippen molar-refractivity contribution in [2.45, 2.75) is 13.0 Å². The molecule has 1 atom stereocenters. The summed E-state index contributed by atoms with van der Waals surface area (Å²) in [5.74, 6) is -1.15. The van der Waals surface area contributed by atoms with E-state index in [1.54, 1.807) is 12.1 Å². The van der Waals surface area contributed by atoms with Gasteiger partial charge in [0.2, 0.25) is 0 Å². The number of nitrogens with one attached hydrogen (secondary N) is 2. The number of carbonyl (C=O) groups excluding carboxylic acids is 1. The number of nitrogens with zero attached hydrogens (tertiary/aromatic N) is 1. The molecule has 0 fully saturated rings. The van der Waals surface area contributed by atoms with Gasteiger partial charge in [-0.05, 0) is 42.8 Å². The van der Waals surface area contributed by atoms with Crippen LogP contribution in [-0.2, 0) is 0 Å². The second-order valence-electron chi connectivity index (χ2n) is 5.66. The van der Waals surface area contributed by atoms with Crippen LogP contribution in [0.2, 0.25) is 0 Å². The third-order valence-corrected chi connectivity index (χ3v) is 3.84. The van der Waals surface area contributed by atoms with Crippen LogP contribution in [-0.4, -0.2) is 10.9 Å². The lowest BCUT2D eigenvalue weighted by atomic mass is 10.1. The van der Waals surface area contributed by atoms with Crippen molar-refractivity contribution in [1.82, 2.24) is 4.98 Å². The van der Waals surface area contributed by atoms with Gasteiger partial charge in [0.1, 0.15) is 0 Å². The van der Waals surface area contributed by atoms with E-state index in [1.165, 1.54) is 17.8 Å². The number of amides is 1. The van der Waals surface area contributed by atoms with E-state index < -0.39 is 11.7 Å². The van der Waals surface area contributed by atoms with Crippen molar-refractivity contribution in [3.8, 4) is 0 Å². The molecule has 0 saturated heterocycles. The Hall–Kier alpha value is -3.21. The molecule has 1 heterocycles. The Morgan fingerprint density at radius 2 is 1.68 bits per heavy atom. The van der Waals surface area contributed by atoms with E-state index in [-0.39, 0.29) is 11.6 Å². The lowest BCUT2D eigenvalue weighted by molar-refractivity contribution is 0.102. The molecule has 126 valence electrons. The van der Waals surface area contributed by atoms with Crippen molar-refractivity contribution in [3.05, 3.63) is 90.0 Å². The molecule has 25 heavy (non-hydrogen) atoms. The van der Waals surface area contributed by atoms with E-state index in [2.05, 4.69) is 34.7 Å². The summed E-state index contributed by atoms with van der Waals surface area (Å²) in [4.78, 5) is 15.7. The summed E-state index contributed by atoms with van der Waals surface area (Å²) in [6.07, 6.45) is 2.41. The molecule has 0 aliphatic carbocycles. The largest absolute Gasteiger partial charge is 0.379 e. The maximum atomic E-state index is 13.6. The van der Waals surface area contributed by atoms with Crippen molar-refractivity contribution < 1.29 is 9.18 Å². The van der Waals surface area contributed by atoms with Crippen LogP contribution in [0.4, 0.5) is 15.8 Å². The Kier molecular flexibility index (Phi) is 5.04. The van der Waals surface area contributed by atoms with Gasteiger partial charge in [0, 0.05) is 23.6 Å². The minimum atomic E-state index is -0.644. The Bertz CT molecular complexity index is 850. The molecule has 3 rings (SSSR count). The van der Waals surface area contributed by atoms with Crippen molar-refractivity contribution >= 4 is 17.3 Å². The number of hydrogen-bond donors (Lipinski definition) is 2. The molecule has 4 nitrogen and oxygen atoms in total. The third kappa shape index (κ3) is 4.20. The number of carbonyl (C=O) groups is 1. The first kappa shape index (κ1) is 16.6. The molecule has 1 amide bonds. The fourth-order valence-corrected chi connectivity index (χ4v) is 2.48. The summed E-state index contributed by atoms with van der Waals surface area (Å²) in [5, 5.41) is 6.08. The quantitative estimate of drug-likeness (QED) is 0.714. The molecule has 0 bridgehead atoms. The van der Waals surface area contributed by atoms with Gasteiger partial charge in [-0.3, -0.25) is 9.78 Å². The molecular formula is C20H18FN3O. The van der Waals surface area contributed by atoms with E-state index >= 15 is 0 Å². The number of aromatic nitrogens is 1. The number of hydrogen-bond acceptors (Lipinski definition) is 3. The number of pyridine rings is 1. The zero-order valence-corrected chi connectivity index (χ0v) is 13.7. The van der Waals surface area contributed by atoms with Crippen molar-refractivity contribution in [2.75, 3.05) is 10.6 Å². The summed E-state index contributed by atoms with van der Waals surface area (Å²) in [5.41, 5.74) is 2.69. The zero-order chi connectivity index (χ0) is 17.6. The second kappa shape index (κ2) is 7.57. The van der Waals surface area contributed by atoms with Crippen LogP contribution < -0.4 is 10.6 Å². The van der Waals surface area contributed by atoms with E-state index in [0.717, 1.165) is 11.9 Å². The highest BCUT2D eigenvalue weighted by atomic mass is 19.1. The van der Waals surface area contributed by atoms with E-state index in [1.807, 2.05) is 30.3 Å². The highest BCUT2D eigenvalue weighted by molar-refractivity contribution is 6.04. The normalized spacial score (nSPS) is 11.6. The topological polar surface area (TPSA) is 54.0 Å². The molecule has 3 aromatic rings. The minimum Gasteiger partial charge on any atom is -0.379 e. The van der Waals surface area contributed by atoms with Crippen molar-refractivity contribution in [3.63, 3.8) is 0 Å². The third-order valence-electron chi connectivity index (χ3n) is 3.84. The molecule has 1 aromatic heterocycles. The van der Waals surface area contributed by atoms with E-state index in [9.17, 15) is 9.18 Å². The van der Waals surface area contributed by atoms with Gasteiger partial charge in [-0.25, -0.2) is 4.39 Å². The molecule has 2 N–H and O–H groups in total. The fourth-order valence-electron chi connectivity index (χ4n) is 2.48. The molecule has 0 radical (unpaired) electrons. The van der Waals surface area contributed by atoms with Crippen molar-refractivity contribution in [1.29, 1.82) is 0 Å². The zero-order valence-electron chi connectivity index (χ0n) is 13.7.